The topological polar surface area (TPSA) is 82.8 Å². The van der Waals surface area contributed by atoms with Crippen molar-refractivity contribution in [3.63, 3.8) is 0 Å². The average Bonchev–Trinajstić information content (AvgIpc) is 3.34. The number of fused-ring (bicyclic) bond motifs is 1. The molecule has 4 aromatic carbocycles. The molecule has 36 heavy (non-hydrogen) atoms. The Bertz CT molecular complexity index is 1390. The molecule has 0 radical (unpaired) electrons. The highest BCUT2D eigenvalue weighted by molar-refractivity contribution is 5.95. The molecule has 1 N–H and O–H groups in total. The first-order valence-electron chi connectivity index (χ1n) is 11.6. The van der Waals surface area contributed by atoms with Gasteiger partial charge in [-0.15, -0.1) is 0 Å². The Labute approximate surface area is 208 Å². The standard InChI is InChI=1S/C29H24N2O5/c1-2-33-22-16-13-20(14-17-22)28-31-25-19-21(15-18-26(25)36-28)30-27(32)29(34-23-9-5-3-6-10-23)35-24-11-7-4-8-12-24/h3-19,29H,2H2,1H3,(H,30,32). The van der Waals surface area contributed by atoms with E-state index in [1.54, 1.807) is 42.5 Å². The van der Waals surface area contributed by atoms with Crippen LogP contribution in [0.25, 0.3) is 22.6 Å². The van der Waals surface area contributed by atoms with Crippen LogP contribution in [0, 0.1) is 0 Å². The van der Waals surface area contributed by atoms with Crippen LogP contribution in [0.1, 0.15) is 6.92 Å². The third kappa shape index (κ3) is 5.47. The number of hydrogen-bond donors (Lipinski definition) is 1. The van der Waals surface area contributed by atoms with Crippen molar-refractivity contribution in [2.45, 2.75) is 13.2 Å². The van der Waals surface area contributed by atoms with Crippen molar-refractivity contribution in [2.24, 2.45) is 0 Å². The van der Waals surface area contributed by atoms with Crippen molar-refractivity contribution >= 4 is 22.7 Å². The second-order valence-electron chi connectivity index (χ2n) is 7.84. The Morgan fingerprint density at radius 1 is 0.833 bits per heavy atom. The molecule has 0 aliphatic carbocycles. The van der Waals surface area contributed by atoms with Crippen LogP contribution in [0.2, 0.25) is 0 Å². The molecule has 1 heterocycles. The van der Waals surface area contributed by atoms with E-state index >= 15 is 0 Å². The van der Waals surface area contributed by atoms with Gasteiger partial charge in [0.15, 0.2) is 5.58 Å². The first-order chi connectivity index (χ1) is 17.7. The van der Waals surface area contributed by atoms with Gasteiger partial charge in [-0.25, -0.2) is 4.98 Å². The summed E-state index contributed by atoms with van der Waals surface area (Å²) in [4.78, 5) is 17.7. The maximum absolute atomic E-state index is 13.2. The fourth-order valence-electron chi connectivity index (χ4n) is 3.57. The lowest BCUT2D eigenvalue weighted by Crippen LogP contribution is -2.38. The summed E-state index contributed by atoms with van der Waals surface area (Å²) in [6, 6.07) is 30.9. The Kier molecular flexibility index (Phi) is 6.80. The second-order valence-corrected chi connectivity index (χ2v) is 7.84. The Morgan fingerprint density at radius 2 is 1.47 bits per heavy atom. The van der Waals surface area contributed by atoms with Crippen LogP contribution < -0.4 is 19.5 Å². The van der Waals surface area contributed by atoms with Gasteiger partial charge in [-0.3, -0.25) is 4.79 Å². The number of para-hydroxylation sites is 2. The van der Waals surface area contributed by atoms with E-state index in [-0.39, 0.29) is 0 Å². The predicted octanol–water partition coefficient (Wildman–Crippen LogP) is 6.32. The molecule has 0 bridgehead atoms. The number of rotatable bonds is 9. The number of anilines is 1. The first kappa shape index (κ1) is 23.0. The number of aromatic nitrogens is 1. The van der Waals surface area contributed by atoms with Crippen molar-refractivity contribution in [1.29, 1.82) is 0 Å². The summed E-state index contributed by atoms with van der Waals surface area (Å²) in [7, 11) is 0. The molecule has 180 valence electrons. The van der Waals surface area contributed by atoms with E-state index in [4.69, 9.17) is 18.6 Å². The molecule has 0 saturated carbocycles. The quantitative estimate of drug-likeness (QED) is 0.249. The summed E-state index contributed by atoms with van der Waals surface area (Å²) in [6.45, 7) is 2.54. The highest BCUT2D eigenvalue weighted by Crippen LogP contribution is 2.28. The maximum atomic E-state index is 13.2. The smallest absolute Gasteiger partial charge is 0.321 e. The zero-order valence-corrected chi connectivity index (χ0v) is 19.6. The largest absolute Gasteiger partial charge is 0.494 e. The highest BCUT2D eigenvalue weighted by atomic mass is 16.7. The average molecular weight is 481 g/mol. The summed E-state index contributed by atoms with van der Waals surface area (Å²) < 4.78 is 23.1. The van der Waals surface area contributed by atoms with E-state index < -0.39 is 12.2 Å². The number of hydrogen-bond acceptors (Lipinski definition) is 6. The number of amides is 1. The molecule has 0 spiro atoms. The third-order valence-electron chi connectivity index (χ3n) is 5.25. The lowest BCUT2D eigenvalue weighted by Gasteiger charge is -2.20. The molecule has 0 aliphatic rings. The summed E-state index contributed by atoms with van der Waals surface area (Å²) in [5, 5.41) is 2.86. The van der Waals surface area contributed by atoms with Crippen molar-refractivity contribution in [3.8, 4) is 28.7 Å². The number of nitrogens with one attached hydrogen (secondary N) is 1. The zero-order chi connectivity index (χ0) is 24.7. The van der Waals surface area contributed by atoms with Gasteiger partial charge in [0.2, 0.25) is 5.89 Å². The lowest BCUT2D eigenvalue weighted by atomic mass is 10.2. The second kappa shape index (κ2) is 10.7. The molecule has 0 fully saturated rings. The molecule has 0 unspecified atom stereocenters. The summed E-state index contributed by atoms with van der Waals surface area (Å²) >= 11 is 0. The molecule has 0 aliphatic heterocycles. The Morgan fingerprint density at radius 3 is 2.08 bits per heavy atom. The number of ether oxygens (including phenoxy) is 3. The fourth-order valence-corrected chi connectivity index (χ4v) is 3.57. The van der Waals surface area contributed by atoms with Gasteiger partial charge in [0.1, 0.15) is 22.8 Å². The number of carbonyl (C=O) groups is 1. The van der Waals surface area contributed by atoms with Crippen molar-refractivity contribution in [3.05, 3.63) is 103 Å². The van der Waals surface area contributed by atoms with Gasteiger partial charge < -0.3 is 23.9 Å². The van der Waals surface area contributed by atoms with Crippen LogP contribution in [0.3, 0.4) is 0 Å². The van der Waals surface area contributed by atoms with E-state index in [1.807, 2.05) is 67.6 Å². The van der Waals surface area contributed by atoms with Gasteiger partial charge >= 0.3 is 12.2 Å². The van der Waals surface area contributed by atoms with Gasteiger partial charge in [0, 0.05) is 11.3 Å². The molecule has 0 atom stereocenters. The van der Waals surface area contributed by atoms with E-state index in [0.717, 1.165) is 11.3 Å². The van der Waals surface area contributed by atoms with Crippen molar-refractivity contribution in [1.82, 2.24) is 4.98 Å². The molecule has 0 saturated heterocycles. The minimum atomic E-state index is -1.21. The SMILES string of the molecule is CCOc1ccc(-c2nc3cc(NC(=O)C(Oc4ccccc4)Oc4ccccc4)ccc3o2)cc1. The summed E-state index contributed by atoms with van der Waals surface area (Å²) in [5.74, 6) is 1.83. The van der Waals surface area contributed by atoms with E-state index in [2.05, 4.69) is 10.3 Å². The van der Waals surface area contributed by atoms with Crippen LogP contribution in [-0.2, 0) is 4.79 Å². The Balaban J connectivity index is 1.35. The Hall–Kier alpha value is -4.78. The molecule has 5 aromatic rings. The summed E-state index contributed by atoms with van der Waals surface area (Å²) in [5.41, 5.74) is 2.58. The van der Waals surface area contributed by atoms with Gasteiger partial charge in [0.25, 0.3) is 0 Å². The minimum Gasteiger partial charge on any atom is -0.494 e. The first-order valence-corrected chi connectivity index (χ1v) is 11.6. The predicted molar refractivity (Wildman–Crippen MR) is 137 cm³/mol. The minimum absolute atomic E-state index is 0.461. The number of nitrogens with zero attached hydrogens (tertiary/aromatic N) is 1. The molecular formula is C29H24N2O5. The van der Waals surface area contributed by atoms with Crippen LogP contribution in [0.15, 0.2) is 108 Å². The van der Waals surface area contributed by atoms with E-state index in [1.165, 1.54) is 0 Å². The van der Waals surface area contributed by atoms with Crippen LogP contribution in [0.4, 0.5) is 5.69 Å². The molecule has 1 amide bonds. The van der Waals surface area contributed by atoms with Crippen LogP contribution >= 0.6 is 0 Å². The van der Waals surface area contributed by atoms with Gasteiger partial charge in [-0.2, -0.15) is 0 Å². The number of oxazole rings is 1. The third-order valence-corrected chi connectivity index (χ3v) is 5.25. The molecule has 7 heteroatoms. The van der Waals surface area contributed by atoms with Crippen LogP contribution in [-0.4, -0.2) is 23.8 Å². The molecular weight excluding hydrogens is 456 g/mol. The molecule has 7 nitrogen and oxygen atoms in total. The van der Waals surface area contributed by atoms with Crippen molar-refractivity contribution in [2.75, 3.05) is 11.9 Å². The van der Waals surface area contributed by atoms with Crippen LogP contribution in [0.5, 0.6) is 17.2 Å². The van der Waals surface area contributed by atoms with E-state index in [0.29, 0.717) is 40.8 Å². The normalized spacial score (nSPS) is 10.8. The molecule has 5 rings (SSSR count). The van der Waals surface area contributed by atoms with Gasteiger partial charge in [-0.05, 0) is 73.7 Å². The molecule has 1 aromatic heterocycles. The maximum Gasteiger partial charge on any atom is 0.321 e. The number of benzene rings is 4. The van der Waals surface area contributed by atoms with Crippen molar-refractivity contribution < 1.29 is 23.4 Å². The zero-order valence-electron chi connectivity index (χ0n) is 19.6. The van der Waals surface area contributed by atoms with Gasteiger partial charge in [0.05, 0.1) is 6.61 Å². The monoisotopic (exact) mass is 480 g/mol. The lowest BCUT2D eigenvalue weighted by molar-refractivity contribution is -0.134. The fraction of sp³-hybridized carbons (Fsp3) is 0.103. The van der Waals surface area contributed by atoms with Gasteiger partial charge in [-0.1, -0.05) is 36.4 Å². The summed E-state index contributed by atoms with van der Waals surface area (Å²) in [6.07, 6.45) is -1.21. The number of carbonyl (C=O) groups excluding carboxylic acids is 1. The van der Waals surface area contributed by atoms with E-state index in [9.17, 15) is 4.79 Å². The highest BCUT2D eigenvalue weighted by Gasteiger charge is 2.23.